The van der Waals surface area contributed by atoms with E-state index in [0.717, 1.165) is 32.3 Å². The van der Waals surface area contributed by atoms with Gasteiger partial charge in [0.2, 0.25) is 0 Å². The molecule has 1 saturated heterocycles. The van der Waals surface area contributed by atoms with Gasteiger partial charge in [0, 0.05) is 19.7 Å². The molecule has 21 heavy (non-hydrogen) atoms. The summed E-state index contributed by atoms with van der Waals surface area (Å²) in [6.07, 6.45) is 3.87. The summed E-state index contributed by atoms with van der Waals surface area (Å²) in [5, 5.41) is 3.08. The number of nitrogens with zero attached hydrogens (tertiary/aromatic N) is 1. The molecule has 0 spiro atoms. The van der Waals surface area contributed by atoms with Gasteiger partial charge in [0.15, 0.2) is 0 Å². The summed E-state index contributed by atoms with van der Waals surface area (Å²) in [7, 11) is 1.89. The van der Waals surface area contributed by atoms with E-state index >= 15 is 0 Å². The van der Waals surface area contributed by atoms with Gasteiger partial charge in [-0.3, -0.25) is 0 Å². The number of hydrogen-bond donors (Lipinski definition) is 1. The monoisotopic (exact) mass is 290 g/mol. The Kier molecular flexibility index (Phi) is 6.05. The minimum Gasteiger partial charge on any atom is -0.379 e. The van der Waals surface area contributed by atoms with Crippen LogP contribution in [0.15, 0.2) is 30.3 Å². The fraction of sp³-hybridized carbons (Fsp3) is 0.588. The van der Waals surface area contributed by atoms with Crippen LogP contribution in [-0.2, 0) is 11.2 Å². The van der Waals surface area contributed by atoms with Gasteiger partial charge in [0.1, 0.15) is 0 Å². The van der Waals surface area contributed by atoms with Crippen molar-refractivity contribution in [1.29, 1.82) is 0 Å². The van der Waals surface area contributed by atoms with E-state index in [4.69, 9.17) is 4.74 Å². The summed E-state index contributed by atoms with van der Waals surface area (Å²) < 4.78 is 5.41. The Balaban J connectivity index is 1.89. The molecule has 116 valence electrons. The van der Waals surface area contributed by atoms with Crippen LogP contribution < -0.4 is 5.32 Å². The first-order chi connectivity index (χ1) is 10.2. The molecular weight excluding hydrogens is 264 g/mol. The highest BCUT2D eigenvalue weighted by molar-refractivity contribution is 5.74. The summed E-state index contributed by atoms with van der Waals surface area (Å²) in [4.78, 5) is 14.2. The number of amides is 2. The lowest BCUT2D eigenvalue weighted by molar-refractivity contribution is 0.0702. The third-order valence-corrected chi connectivity index (χ3v) is 4.14. The molecule has 1 aromatic carbocycles. The molecule has 1 N–H and O–H groups in total. The number of likely N-dealkylation sites (N-methyl/N-ethyl adjacent to an activating group) is 1. The Bertz CT molecular complexity index is 430. The van der Waals surface area contributed by atoms with Crippen LogP contribution in [0.2, 0.25) is 0 Å². The summed E-state index contributed by atoms with van der Waals surface area (Å²) in [6, 6.07) is 10.7. The van der Waals surface area contributed by atoms with Crippen molar-refractivity contribution in [3.63, 3.8) is 0 Å². The number of rotatable bonds is 5. The maximum Gasteiger partial charge on any atom is 0.317 e. The molecule has 2 amide bonds. The van der Waals surface area contributed by atoms with Gasteiger partial charge in [-0.25, -0.2) is 4.79 Å². The lowest BCUT2D eigenvalue weighted by atomic mass is 10.0. The molecule has 1 aromatic rings. The van der Waals surface area contributed by atoms with Gasteiger partial charge in [-0.1, -0.05) is 37.3 Å². The molecule has 0 saturated carbocycles. The molecule has 2 atom stereocenters. The second kappa shape index (κ2) is 8.03. The first kappa shape index (κ1) is 15.8. The Morgan fingerprint density at radius 2 is 2.19 bits per heavy atom. The van der Waals surface area contributed by atoms with E-state index in [9.17, 15) is 4.79 Å². The predicted octanol–water partition coefficient (Wildman–Crippen LogP) is 2.83. The highest BCUT2D eigenvalue weighted by Crippen LogP contribution is 2.12. The second-order valence-electron chi connectivity index (χ2n) is 5.73. The minimum atomic E-state index is 0.00767. The fourth-order valence-electron chi connectivity index (χ4n) is 2.74. The molecule has 1 fully saturated rings. The minimum absolute atomic E-state index is 0.00767. The van der Waals surface area contributed by atoms with E-state index < -0.39 is 0 Å². The highest BCUT2D eigenvalue weighted by atomic mass is 16.5. The smallest absolute Gasteiger partial charge is 0.317 e. The zero-order valence-corrected chi connectivity index (χ0v) is 13.0. The van der Waals surface area contributed by atoms with Gasteiger partial charge >= 0.3 is 6.03 Å². The van der Waals surface area contributed by atoms with Gasteiger partial charge in [-0.15, -0.1) is 0 Å². The number of carbonyl (C=O) groups is 1. The van der Waals surface area contributed by atoms with Crippen molar-refractivity contribution in [2.75, 3.05) is 20.3 Å². The van der Waals surface area contributed by atoms with Crippen LogP contribution >= 0.6 is 0 Å². The third kappa shape index (κ3) is 4.74. The second-order valence-corrected chi connectivity index (χ2v) is 5.73. The molecule has 4 heteroatoms. The van der Waals surface area contributed by atoms with Crippen LogP contribution in [-0.4, -0.2) is 43.3 Å². The molecule has 0 bridgehead atoms. The lowest BCUT2D eigenvalue weighted by Gasteiger charge is -2.31. The largest absolute Gasteiger partial charge is 0.379 e. The molecule has 4 nitrogen and oxygen atoms in total. The van der Waals surface area contributed by atoms with Crippen molar-refractivity contribution in [2.24, 2.45) is 0 Å². The average Bonchev–Trinajstić information content (AvgIpc) is 2.54. The maximum absolute atomic E-state index is 12.4. The number of hydrogen-bond acceptors (Lipinski definition) is 2. The van der Waals surface area contributed by atoms with Gasteiger partial charge in [-0.2, -0.15) is 0 Å². The van der Waals surface area contributed by atoms with Gasteiger partial charge in [0.25, 0.3) is 0 Å². The normalized spacial score (nSPS) is 19.8. The van der Waals surface area contributed by atoms with Crippen LogP contribution in [0.1, 0.15) is 31.7 Å². The van der Waals surface area contributed by atoms with Crippen molar-refractivity contribution in [1.82, 2.24) is 10.2 Å². The van der Waals surface area contributed by atoms with Crippen LogP contribution in [0, 0.1) is 0 Å². The van der Waals surface area contributed by atoms with Gasteiger partial charge < -0.3 is 15.0 Å². The molecule has 1 aliphatic rings. The summed E-state index contributed by atoms with van der Waals surface area (Å²) >= 11 is 0. The van der Waals surface area contributed by atoms with Crippen LogP contribution in [0.25, 0.3) is 0 Å². The molecule has 0 radical (unpaired) electrons. The molecule has 2 rings (SSSR count). The van der Waals surface area contributed by atoms with Crippen molar-refractivity contribution in [3.05, 3.63) is 35.9 Å². The standard InChI is InChI=1S/C17H26N2O2/c1-3-16(12-14-8-5-4-6-9-14)19(2)17(20)18-15-10-7-11-21-13-15/h4-6,8-9,15-16H,3,7,10-13H2,1-2H3,(H,18,20)/t15-,16-/m1/s1. The Hall–Kier alpha value is -1.55. The Labute approximate surface area is 127 Å². The number of benzene rings is 1. The lowest BCUT2D eigenvalue weighted by Crippen LogP contribution is -2.49. The van der Waals surface area contributed by atoms with Crippen LogP contribution in [0.4, 0.5) is 4.79 Å². The third-order valence-electron chi connectivity index (χ3n) is 4.14. The topological polar surface area (TPSA) is 41.6 Å². The molecule has 0 aromatic heterocycles. The van der Waals surface area contributed by atoms with Gasteiger partial charge in [-0.05, 0) is 31.2 Å². The number of nitrogens with one attached hydrogen (secondary N) is 1. The quantitative estimate of drug-likeness (QED) is 0.906. The number of ether oxygens (including phenoxy) is 1. The number of carbonyl (C=O) groups excluding carboxylic acids is 1. The van der Waals surface area contributed by atoms with E-state index in [2.05, 4.69) is 24.4 Å². The molecule has 1 heterocycles. The van der Waals surface area contributed by atoms with Crippen molar-refractivity contribution < 1.29 is 9.53 Å². The zero-order chi connectivity index (χ0) is 15.1. The van der Waals surface area contributed by atoms with Crippen molar-refractivity contribution in [3.8, 4) is 0 Å². The van der Waals surface area contributed by atoms with E-state index in [1.807, 2.05) is 30.1 Å². The number of urea groups is 1. The van der Waals surface area contributed by atoms with Crippen LogP contribution in [0.5, 0.6) is 0 Å². The molecule has 1 aliphatic heterocycles. The average molecular weight is 290 g/mol. The zero-order valence-electron chi connectivity index (χ0n) is 13.0. The molecular formula is C17H26N2O2. The Morgan fingerprint density at radius 1 is 1.43 bits per heavy atom. The predicted molar refractivity (Wildman–Crippen MR) is 84.4 cm³/mol. The van der Waals surface area contributed by atoms with E-state index in [1.54, 1.807) is 0 Å². The highest BCUT2D eigenvalue weighted by Gasteiger charge is 2.22. The SMILES string of the molecule is CC[C@H](Cc1ccccc1)N(C)C(=O)N[C@@H]1CCCOC1. The molecule has 0 aliphatic carbocycles. The van der Waals surface area contributed by atoms with Crippen molar-refractivity contribution >= 4 is 6.03 Å². The van der Waals surface area contributed by atoms with E-state index in [0.29, 0.717) is 6.61 Å². The van der Waals surface area contributed by atoms with Crippen LogP contribution in [0.3, 0.4) is 0 Å². The first-order valence-corrected chi connectivity index (χ1v) is 7.85. The van der Waals surface area contributed by atoms with Gasteiger partial charge in [0.05, 0.1) is 12.6 Å². The molecule has 0 unspecified atom stereocenters. The Morgan fingerprint density at radius 3 is 2.81 bits per heavy atom. The first-order valence-electron chi connectivity index (χ1n) is 7.85. The summed E-state index contributed by atoms with van der Waals surface area (Å²) in [5.74, 6) is 0. The fourth-order valence-corrected chi connectivity index (χ4v) is 2.74. The van der Waals surface area contributed by atoms with E-state index in [1.165, 1.54) is 5.56 Å². The van der Waals surface area contributed by atoms with E-state index in [-0.39, 0.29) is 18.1 Å². The maximum atomic E-state index is 12.4. The summed E-state index contributed by atoms with van der Waals surface area (Å²) in [6.45, 7) is 3.57. The summed E-state index contributed by atoms with van der Waals surface area (Å²) in [5.41, 5.74) is 1.27. The van der Waals surface area contributed by atoms with Crippen molar-refractivity contribution in [2.45, 2.75) is 44.7 Å².